The van der Waals surface area contributed by atoms with E-state index >= 15 is 0 Å². The summed E-state index contributed by atoms with van der Waals surface area (Å²) in [7, 11) is 2.70. The lowest BCUT2D eigenvalue weighted by Gasteiger charge is -2.39. The summed E-state index contributed by atoms with van der Waals surface area (Å²) in [5.41, 5.74) is 3.96. The summed E-state index contributed by atoms with van der Waals surface area (Å²) < 4.78 is 18.5. The number of aliphatic hydroxyl groups is 5. The first-order valence-electron chi connectivity index (χ1n) is 15.5. The van der Waals surface area contributed by atoms with Gasteiger partial charge in [0.25, 0.3) is 5.56 Å². The standard InChI is InChI=1S/C28H48N6O13/c1-4-5-6-7-9-31-24(41)17(33(3)12-13(35)16(30-2)26(42)43)22(47-27-21(40)18(37)14(11-29)45-27)23-19(38)20(39)25(46-23)34-10-8-15(36)32-28(34)44/h8,10,13-14,16-23,25,27,30,35,37-40H,4-7,9,11-12,29H2,1-3H3,(H,31,41)(H,42,43)(H,32,36,44)/t13-,14+,16?,17-,18+,19-,20+,21+,22+,23?,25?,27?/m0/s1. The van der Waals surface area contributed by atoms with Gasteiger partial charge in [-0.3, -0.25) is 28.8 Å². The lowest BCUT2D eigenvalue weighted by molar-refractivity contribution is -0.233. The quantitative estimate of drug-likeness (QED) is 0.0651. The zero-order valence-corrected chi connectivity index (χ0v) is 26.5. The van der Waals surface area contributed by atoms with E-state index in [0.29, 0.717) is 6.42 Å². The number of carbonyl (C=O) groups is 2. The maximum Gasteiger partial charge on any atom is 0.330 e. The highest BCUT2D eigenvalue weighted by molar-refractivity contribution is 5.82. The molecule has 3 rings (SSSR count). The van der Waals surface area contributed by atoms with Gasteiger partial charge in [0, 0.05) is 31.9 Å². The summed E-state index contributed by atoms with van der Waals surface area (Å²) in [6, 6.07) is -1.97. The number of unbranched alkanes of at least 4 members (excludes halogenated alkanes) is 3. The number of hydrogen-bond donors (Lipinski definition) is 10. The number of ether oxygens (including phenoxy) is 3. The van der Waals surface area contributed by atoms with Crippen molar-refractivity contribution in [2.75, 3.05) is 33.7 Å². The first kappa shape index (κ1) is 38.6. The third-order valence-corrected chi connectivity index (χ3v) is 8.39. The molecule has 0 spiro atoms. The van der Waals surface area contributed by atoms with Crippen LogP contribution in [0.2, 0.25) is 0 Å². The molecule has 0 aromatic carbocycles. The fourth-order valence-electron chi connectivity index (χ4n) is 5.79. The summed E-state index contributed by atoms with van der Waals surface area (Å²) in [6.07, 6.45) is -11.7. The largest absolute Gasteiger partial charge is 0.480 e. The Morgan fingerprint density at radius 1 is 1.11 bits per heavy atom. The Morgan fingerprint density at radius 3 is 2.38 bits per heavy atom. The van der Waals surface area contributed by atoms with Crippen LogP contribution in [0.3, 0.4) is 0 Å². The van der Waals surface area contributed by atoms with Crippen LogP contribution in [-0.4, -0.2) is 158 Å². The van der Waals surface area contributed by atoms with E-state index in [1.54, 1.807) is 0 Å². The maximum absolute atomic E-state index is 13.9. The molecule has 0 aliphatic carbocycles. The topological polar surface area (TPSA) is 291 Å². The molecular formula is C28H48N6O13. The average Bonchev–Trinajstić information content (AvgIpc) is 3.46. The summed E-state index contributed by atoms with van der Waals surface area (Å²) in [5.74, 6) is -2.08. The number of aliphatic hydroxyl groups excluding tert-OH is 5. The second-order valence-electron chi connectivity index (χ2n) is 11.8. The number of likely N-dealkylation sites (N-methyl/N-ethyl adjacent to an activating group) is 2. The molecular weight excluding hydrogens is 628 g/mol. The number of aromatic nitrogens is 2. The normalized spacial score (nSPS) is 30.3. The second-order valence-corrected chi connectivity index (χ2v) is 11.8. The summed E-state index contributed by atoms with van der Waals surface area (Å²) in [5, 5.41) is 69.1. The molecule has 0 radical (unpaired) electrons. The minimum absolute atomic E-state index is 0.213. The molecule has 12 atom stereocenters. The van der Waals surface area contributed by atoms with Gasteiger partial charge in [0.1, 0.15) is 54.8 Å². The van der Waals surface area contributed by atoms with E-state index < -0.39 is 103 Å². The molecule has 3 heterocycles. The van der Waals surface area contributed by atoms with Crippen molar-refractivity contribution in [3.63, 3.8) is 0 Å². The van der Waals surface area contributed by atoms with E-state index in [0.717, 1.165) is 36.1 Å². The molecule has 1 aromatic heterocycles. The Morgan fingerprint density at radius 2 is 1.81 bits per heavy atom. The molecule has 47 heavy (non-hydrogen) atoms. The summed E-state index contributed by atoms with van der Waals surface area (Å²) in [6.45, 7) is 1.58. The van der Waals surface area contributed by atoms with Gasteiger partial charge < -0.3 is 61.2 Å². The maximum atomic E-state index is 13.9. The van der Waals surface area contributed by atoms with E-state index in [4.69, 9.17) is 19.9 Å². The van der Waals surface area contributed by atoms with E-state index in [1.165, 1.54) is 19.0 Å². The van der Waals surface area contributed by atoms with Crippen LogP contribution in [0.1, 0.15) is 38.8 Å². The van der Waals surface area contributed by atoms with Crippen molar-refractivity contribution in [3.05, 3.63) is 33.1 Å². The van der Waals surface area contributed by atoms with Crippen molar-refractivity contribution in [2.45, 2.75) is 106 Å². The number of carbonyl (C=O) groups excluding carboxylic acids is 1. The van der Waals surface area contributed by atoms with Crippen molar-refractivity contribution < 1.29 is 54.4 Å². The van der Waals surface area contributed by atoms with Crippen LogP contribution < -0.4 is 27.6 Å². The first-order chi connectivity index (χ1) is 22.3. The van der Waals surface area contributed by atoms with Gasteiger partial charge in [0.2, 0.25) is 5.91 Å². The molecule has 2 aliphatic rings. The fraction of sp³-hybridized carbons (Fsp3) is 0.786. The minimum Gasteiger partial charge on any atom is -0.480 e. The van der Waals surface area contributed by atoms with Crippen molar-refractivity contribution >= 4 is 11.9 Å². The smallest absolute Gasteiger partial charge is 0.330 e. The number of aliphatic carboxylic acids is 1. The predicted octanol–water partition coefficient (Wildman–Crippen LogP) is -5.02. The molecule has 2 aliphatic heterocycles. The van der Waals surface area contributed by atoms with E-state index in [1.807, 2.05) is 11.9 Å². The van der Waals surface area contributed by atoms with Crippen LogP contribution in [0.15, 0.2) is 21.9 Å². The molecule has 268 valence electrons. The molecule has 19 nitrogen and oxygen atoms in total. The van der Waals surface area contributed by atoms with Crippen LogP contribution in [0.5, 0.6) is 0 Å². The van der Waals surface area contributed by atoms with Gasteiger partial charge in [-0.15, -0.1) is 0 Å². The van der Waals surface area contributed by atoms with Crippen LogP contribution in [0.25, 0.3) is 0 Å². The molecule has 2 fully saturated rings. The number of carboxylic acids is 1. The lowest BCUT2D eigenvalue weighted by Crippen LogP contribution is -2.62. The molecule has 19 heteroatoms. The van der Waals surface area contributed by atoms with Crippen molar-refractivity contribution in [1.82, 2.24) is 25.1 Å². The van der Waals surface area contributed by atoms with Crippen molar-refractivity contribution in [3.8, 4) is 0 Å². The van der Waals surface area contributed by atoms with Gasteiger partial charge in [0.15, 0.2) is 12.5 Å². The third kappa shape index (κ3) is 9.21. The highest BCUT2D eigenvalue weighted by Crippen LogP contribution is 2.35. The Bertz CT molecular complexity index is 1280. The predicted molar refractivity (Wildman–Crippen MR) is 162 cm³/mol. The fourth-order valence-corrected chi connectivity index (χ4v) is 5.79. The zero-order chi connectivity index (χ0) is 35.0. The molecule has 0 saturated carbocycles. The Hall–Kier alpha value is -2.82. The van der Waals surface area contributed by atoms with Crippen molar-refractivity contribution in [2.24, 2.45) is 5.73 Å². The first-order valence-corrected chi connectivity index (χ1v) is 15.5. The van der Waals surface area contributed by atoms with Crippen molar-refractivity contribution in [1.29, 1.82) is 0 Å². The number of nitrogens with one attached hydrogen (secondary N) is 3. The molecule has 4 unspecified atom stereocenters. The summed E-state index contributed by atoms with van der Waals surface area (Å²) >= 11 is 0. The van der Waals surface area contributed by atoms with Gasteiger partial charge in [-0.2, -0.15) is 0 Å². The third-order valence-electron chi connectivity index (χ3n) is 8.39. The van der Waals surface area contributed by atoms with Crippen LogP contribution in [-0.2, 0) is 23.8 Å². The molecule has 1 aromatic rings. The van der Waals surface area contributed by atoms with Gasteiger partial charge in [0.05, 0.1) is 6.10 Å². The Labute approximate surface area is 270 Å². The highest BCUT2D eigenvalue weighted by Gasteiger charge is 2.54. The molecule has 2 saturated heterocycles. The van der Waals surface area contributed by atoms with E-state index in [-0.39, 0.29) is 13.1 Å². The number of rotatable bonds is 18. The van der Waals surface area contributed by atoms with Gasteiger partial charge in [-0.25, -0.2) is 4.79 Å². The number of nitrogens with zero attached hydrogens (tertiary/aromatic N) is 2. The number of aromatic amines is 1. The SMILES string of the molecule is CCCCCCNC(=O)[C@H]([C@@H](OC1O[C@H](CN)[C@@H](O)[C@H]1O)C1OC(n2ccc(=O)[nH]c2=O)[C@H](O)[C@@H]1O)N(C)C[C@H](O)C(NC)C(=O)O. The molecule has 11 N–H and O–H groups in total. The molecule has 1 amide bonds. The number of hydrogen-bond acceptors (Lipinski definition) is 15. The monoisotopic (exact) mass is 676 g/mol. The van der Waals surface area contributed by atoms with Gasteiger partial charge in [-0.05, 0) is 20.5 Å². The van der Waals surface area contributed by atoms with Gasteiger partial charge >= 0.3 is 11.7 Å². The number of amides is 1. The summed E-state index contributed by atoms with van der Waals surface area (Å²) in [4.78, 5) is 53.1. The minimum atomic E-state index is -1.85. The highest BCUT2D eigenvalue weighted by atomic mass is 16.7. The van der Waals surface area contributed by atoms with E-state index in [9.17, 15) is 49.8 Å². The Kier molecular flexibility index (Phi) is 14.4. The lowest BCUT2D eigenvalue weighted by atomic mass is 9.96. The van der Waals surface area contributed by atoms with E-state index in [2.05, 4.69) is 10.6 Å². The number of carboxylic acid groups (broad SMARTS) is 1. The molecule has 0 bridgehead atoms. The Balaban J connectivity index is 2.05. The average molecular weight is 677 g/mol. The zero-order valence-electron chi connectivity index (χ0n) is 26.5. The van der Waals surface area contributed by atoms with Crippen LogP contribution in [0.4, 0.5) is 0 Å². The van der Waals surface area contributed by atoms with Crippen LogP contribution in [0, 0.1) is 0 Å². The number of H-pyrrole nitrogens is 1. The second kappa shape index (κ2) is 17.5. The van der Waals surface area contributed by atoms with Gasteiger partial charge in [-0.1, -0.05) is 26.2 Å². The van der Waals surface area contributed by atoms with Crippen LogP contribution >= 0.6 is 0 Å². The number of nitrogens with two attached hydrogens (primary N) is 1.